The standard InChI is InChI=1S/C16H17Cl2N3O2/c1-16(2,3)23-15(22)21-14-7-5-11(9-19-14)20-10-4-6-12(17)13(18)8-10/h4-9,20H,1-3H3,(H,19,21,22). The molecule has 1 aromatic heterocycles. The number of pyridine rings is 1. The Hall–Kier alpha value is -1.98. The van der Waals surface area contributed by atoms with Crippen LogP contribution in [0.5, 0.6) is 0 Å². The molecule has 23 heavy (non-hydrogen) atoms. The van der Waals surface area contributed by atoms with E-state index in [1.165, 1.54) is 0 Å². The van der Waals surface area contributed by atoms with Crippen LogP contribution in [-0.2, 0) is 4.74 Å². The van der Waals surface area contributed by atoms with Gasteiger partial charge in [-0.25, -0.2) is 9.78 Å². The highest BCUT2D eigenvalue weighted by molar-refractivity contribution is 6.42. The number of carbonyl (C=O) groups is 1. The van der Waals surface area contributed by atoms with Crippen molar-refractivity contribution in [1.29, 1.82) is 0 Å². The smallest absolute Gasteiger partial charge is 0.413 e. The molecule has 1 aromatic carbocycles. The van der Waals surface area contributed by atoms with Gasteiger partial charge in [0.05, 0.1) is 21.9 Å². The monoisotopic (exact) mass is 353 g/mol. The summed E-state index contributed by atoms with van der Waals surface area (Å²) in [6.07, 6.45) is 1.05. The number of carbonyl (C=O) groups excluding carboxylic acids is 1. The molecule has 0 spiro atoms. The van der Waals surface area contributed by atoms with Crippen LogP contribution in [-0.4, -0.2) is 16.7 Å². The summed E-state index contributed by atoms with van der Waals surface area (Å²) in [6.45, 7) is 5.39. The molecule has 122 valence electrons. The van der Waals surface area contributed by atoms with E-state index in [-0.39, 0.29) is 0 Å². The van der Waals surface area contributed by atoms with Crippen molar-refractivity contribution in [3.05, 3.63) is 46.6 Å². The molecule has 0 saturated carbocycles. The van der Waals surface area contributed by atoms with Crippen LogP contribution in [0.25, 0.3) is 0 Å². The topological polar surface area (TPSA) is 63.2 Å². The molecule has 5 nitrogen and oxygen atoms in total. The molecule has 0 saturated heterocycles. The van der Waals surface area contributed by atoms with Gasteiger partial charge in [-0.15, -0.1) is 0 Å². The molecule has 0 aliphatic carbocycles. The van der Waals surface area contributed by atoms with Crippen molar-refractivity contribution >= 4 is 46.5 Å². The normalized spacial score (nSPS) is 11.0. The molecular formula is C16H17Cl2N3O2. The van der Waals surface area contributed by atoms with Gasteiger partial charge in [0.1, 0.15) is 11.4 Å². The van der Waals surface area contributed by atoms with Gasteiger partial charge in [-0.2, -0.15) is 0 Å². The maximum Gasteiger partial charge on any atom is 0.413 e. The van der Waals surface area contributed by atoms with E-state index in [1.54, 1.807) is 57.3 Å². The molecular weight excluding hydrogens is 337 g/mol. The number of aromatic nitrogens is 1. The van der Waals surface area contributed by atoms with E-state index in [2.05, 4.69) is 15.6 Å². The van der Waals surface area contributed by atoms with Crippen LogP contribution in [0, 0.1) is 0 Å². The second-order valence-corrected chi connectivity index (χ2v) is 6.63. The molecule has 0 aliphatic heterocycles. The number of ether oxygens (including phenoxy) is 1. The Labute approximate surface area is 145 Å². The SMILES string of the molecule is CC(C)(C)OC(=O)Nc1ccc(Nc2ccc(Cl)c(Cl)c2)cn1. The predicted octanol–water partition coefficient (Wildman–Crippen LogP) is 5.48. The molecule has 0 unspecified atom stereocenters. The van der Waals surface area contributed by atoms with Crippen molar-refractivity contribution in [2.24, 2.45) is 0 Å². The summed E-state index contributed by atoms with van der Waals surface area (Å²) < 4.78 is 5.16. The average Bonchev–Trinajstić information content (AvgIpc) is 2.43. The summed E-state index contributed by atoms with van der Waals surface area (Å²) in [5.41, 5.74) is 0.978. The van der Waals surface area contributed by atoms with Crippen LogP contribution >= 0.6 is 23.2 Å². The minimum atomic E-state index is -0.556. The highest BCUT2D eigenvalue weighted by Crippen LogP contribution is 2.27. The molecule has 2 N–H and O–H groups in total. The number of amides is 1. The van der Waals surface area contributed by atoms with Crippen molar-refractivity contribution in [3.63, 3.8) is 0 Å². The van der Waals surface area contributed by atoms with Crippen LogP contribution in [0.1, 0.15) is 20.8 Å². The van der Waals surface area contributed by atoms with E-state index in [0.717, 1.165) is 11.4 Å². The third-order valence-corrected chi connectivity index (χ3v) is 3.34. The van der Waals surface area contributed by atoms with Crippen molar-refractivity contribution in [3.8, 4) is 0 Å². The first-order valence-electron chi connectivity index (χ1n) is 6.91. The van der Waals surface area contributed by atoms with E-state index < -0.39 is 11.7 Å². The first-order valence-corrected chi connectivity index (χ1v) is 7.67. The molecule has 0 bridgehead atoms. The largest absolute Gasteiger partial charge is 0.444 e. The Bertz CT molecular complexity index is 697. The number of nitrogens with one attached hydrogen (secondary N) is 2. The number of rotatable bonds is 3. The van der Waals surface area contributed by atoms with Gasteiger partial charge in [0.2, 0.25) is 0 Å². The van der Waals surface area contributed by atoms with Gasteiger partial charge in [-0.3, -0.25) is 5.32 Å². The van der Waals surface area contributed by atoms with E-state index in [0.29, 0.717) is 15.9 Å². The van der Waals surface area contributed by atoms with Crippen molar-refractivity contribution in [2.75, 3.05) is 10.6 Å². The molecule has 1 heterocycles. The minimum Gasteiger partial charge on any atom is -0.444 e. The van der Waals surface area contributed by atoms with Crippen molar-refractivity contribution < 1.29 is 9.53 Å². The molecule has 0 radical (unpaired) electrons. The lowest BCUT2D eigenvalue weighted by Crippen LogP contribution is -2.27. The fourth-order valence-corrected chi connectivity index (χ4v) is 1.99. The third-order valence-electron chi connectivity index (χ3n) is 2.60. The quantitative estimate of drug-likeness (QED) is 0.766. The lowest BCUT2D eigenvalue weighted by molar-refractivity contribution is 0.0635. The number of nitrogens with zero attached hydrogens (tertiary/aromatic N) is 1. The zero-order valence-electron chi connectivity index (χ0n) is 13.0. The van der Waals surface area contributed by atoms with Crippen LogP contribution in [0.4, 0.5) is 22.0 Å². The molecule has 1 amide bonds. The first kappa shape index (κ1) is 17.4. The maximum absolute atomic E-state index is 11.7. The van der Waals surface area contributed by atoms with Crippen LogP contribution in [0.15, 0.2) is 36.5 Å². The highest BCUT2D eigenvalue weighted by Gasteiger charge is 2.16. The number of hydrogen-bond donors (Lipinski definition) is 2. The second-order valence-electron chi connectivity index (χ2n) is 5.81. The highest BCUT2D eigenvalue weighted by atomic mass is 35.5. The molecule has 2 aromatic rings. The van der Waals surface area contributed by atoms with Crippen LogP contribution in [0.3, 0.4) is 0 Å². The molecule has 0 fully saturated rings. The Morgan fingerprint density at radius 3 is 2.35 bits per heavy atom. The van der Waals surface area contributed by atoms with E-state index in [9.17, 15) is 4.79 Å². The van der Waals surface area contributed by atoms with Gasteiger partial charge in [0.15, 0.2) is 0 Å². The van der Waals surface area contributed by atoms with Gasteiger partial charge < -0.3 is 10.1 Å². The van der Waals surface area contributed by atoms with E-state index in [4.69, 9.17) is 27.9 Å². The summed E-state index contributed by atoms with van der Waals surface area (Å²) in [4.78, 5) is 15.8. The van der Waals surface area contributed by atoms with Gasteiger partial charge in [0, 0.05) is 5.69 Å². The lowest BCUT2D eigenvalue weighted by atomic mass is 10.2. The zero-order valence-corrected chi connectivity index (χ0v) is 14.5. The Morgan fingerprint density at radius 2 is 1.78 bits per heavy atom. The molecule has 2 rings (SSSR count). The van der Waals surface area contributed by atoms with Crippen molar-refractivity contribution in [2.45, 2.75) is 26.4 Å². The van der Waals surface area contributed by atoms with Crippen LogP contribution < -0.4 is 10.6 Å². The Balaban J connectivity index is 1.99. The van der Waals surface area contributed by atoms with E-state index in [1.807, 2.05) is 0 Å². The lowest BCUT2D eigenvalue weighted by Gasteiger charge is -2.19. The fourth-order valence-electron chi connectivity index (χ4n) is 1.69. The third kappa shape index (κ3) is 5.62. The molecule has 0 atom stereocenters. The zero-order chi connectivity index (χ0) is 17.0. The maximum atomic E-state index is 11.7. The van der Waals surface area contributed by atoms with Crippen molar-refractivity contribution in [1.82, 2.24) is 4.98 Å². The van der Waals surface area contributed by atoms with Gasteiger partial charge in [-0.1, -0.05) is 23.2 Å². The second kappa shape index (κ2) is 7.06. The van der Waals surface area contributed by atoms with Gasteiger partial charge in [0.25, 0.3) is 0 Å². The molecule has 0 aliphatic rings. The number of halogens is 2. The summed E-state index contributed by atoms with van der Waals surface area (Å²) in [5.74, 6) is 0.402. The minimum absolute atomic E-state index is 0.402. The molecule has 7 heteroatoms. The number of anilines is 3. The predicted molar refractivity (Wildman–Crippen MR) is 93.8 cm³/mol. The van der Waals surface area contributed by atoms with Crippen LogP contribution in [0.2, 0.25) is 10.0 Å². The first-order chi connectivity index (χ1) is 10.7. The number of hydrogen-bond acceptors (Lipinski definition) is 4. The number of benzene rings is 1. The Kier molecular flexibility index (Phi) is 5.34. The summed E-state index contributed by atoms with van der Waals surface area (Å²) in [7, 11) is 0. The summed E-state index contributed by atoms with van der Waals surface area (Å²) >= 11 is 11.8. The van der Waals surface area contributed by atoms with E-state index >= 15 is 0 Å². The fraction of sp³-hybridized carbons (Fsp3) is 0.250. The summed E-state index contributed by atoms with van der Waals surface area (Å²) in [5, 5.41) is 6.67. The van der Waals surface area contributed by atoms with Gasteiger partial charge in [-0.05, 0) is 51.1 Å². The summed E-state index contributed by atoms with van der Waals surface area (Å²) in [6, 6.07) is 8.68. The Morgan fingerprint density at radius 1 is 1.09 bits per heavy atom. The average molecular weight is 354 g/mol. The van der Waals surface area contributed by atoms with Gasteiger partial charge >= 0.3 is 6.09 Å².